The number of piperazine rings is 2. The Bertz CT molecular complexity index is 1520. The zero-order valence-electron chi connectivity index (χ0n) is 23.3. The number of hydrogen-bond acceptors (Lipinski definition) is 8. The summed E-state index contributed by atoms with van der Waals surface area (Å²) in [6.45, 7) is 7.85. The maximum absolute atomic E-state index is 13.5. The maximum atomic E-state index is 13.5. The first-order chi connectivity index (χ1) is 19.4. The fourth-order valence-corrected chi connectivity index (χ4v) is 6.08. The van der Waals surface area contributed by atoms with Crippen LogP contribution in [0.15, 0.2) is 45.6 Å². The number of para-hydroxylation sites is 1. The first kappa shape index (κ1) is 26.2. The van der Waals surface area contributed by atoms with Gasteiger partial charge in [-0.25, -0.2) is 0 Å². The van der Waals surface area contributed by atoms with Crippen LogP contribution in [0.3, 0.4) is 0 Å². The molecule has 0 bridgehead atoms. The Morgan fingerprint density at radius 3 is 2.27 bits per heavy atom. The molecule has 0 spiro atoms. The van der Waals surface area contributed by atoms with E-state index in [9.17, 15) is 14.4 Å². The van der Waals surface area contributed by atoms with Crippen LogP contribution < -0.4 is 24.9 Å². The lowest BCUT2D eigenvalue weighted by Crippen LogP contribution is -2.49. The van der Waals surface area contributed by atoms with Crippen molar-refractivity contribution in [1.82, 2.24) is 9.80 Å². The third-order valence-corrected chi connectivity index (χ3v) is 8.35. The van der Waals surface area contributed by atoms with Gasteiger partial charge in [-0.2, -0.15) is 0 Å². The average molecular weight is 546 g/mol. The molecule has 3 aliphatic heterocycles. The molecular formula is C30H35N5O5. The van der Waals surface area contributed by atoms with Gasteiger partial charge >= 0.3 is 0 Å². The molecule has 0 N–H and O–H groups in total. The Labute approximate surface area is 233 Å². The number of amides is 2. The van der Waals surface area contributed by atoms with E-state index >= 15 is 0 Å². The minimum atomic E-state index is -0.282. The predicted octanol–water partition coefficient (Wildman–Crippen LogP) is 2.42. The molecule has 3 aromatic rings. The summed E-state index contributed by atoms with van der Waals surface area (Å²) in [5.74, 6) is 0.481. The molecule has 10 heteroatoms. The molecule has 40 heavy (non-hydrogen) atoms. The van der Waals surface area contributed by atoms with Crippen molar-refractivity contribution < 1.29 is 18.7 Å². The van der Waals surface area contributed by atoms with E-state index in [0.29, 0.717) is 49.4 Å². The standard InChI is InChI=1S/C30H35N5O5/c1-20(36)35-10-9-21-7-8-24(29(39-3)27(21)35)33-15-17-34(18-16-33)30(38)26-19-25(37)22-5-4-6-23(28(22)40-26)32-13-11-31(2)12-14-32/h4-8,19H,9-18H2,1-3H3. The first-order valence-corrected chi connectivity index (χ1v) is 13.9. The highest BCUT2D eigenvalue weighted by Crippen LogP contribution is 2.44. The van der Waals surface area contributed by atoms with Crippen molar-refractivity contribution in [1.29, 1.82) is 0 Å². The number of nitrogens with zero attached hydrogens (tertiary/aromatic N) is 5. The first-order valence-electron chi connectivity index (χ1n) is 13.9. The second-order valence-corrected chi connectivity index (χ2v) is 10.7. The molecule has 0 unspecified atom stereocenters. The molecule has 0 saturated carbocycles. The summed E-state index contributed by atoms with van der Waals surface area (Å²) < 4.78 is 12.0. The summed E-state index contributed by atoms with van der Waals surface area (Å²) in [6, 6.07) is 11.0. The van der Waals surface area contributed by atoms with E-state index in [1.54, 1.807) is 29.9 Å². The van der Waals surface area contributed by atoms with E-state index in [1.807, 2.05) is 18.2 Å². The molecule has 0 atom stereocenters. The zero-order valence-corrected chi connectivity index (χ0v) is 23.3. The Balaban J connectivity index is 1.22. The zero-order chi connectivity index (χ0) is 28.0. The Morgan fingerprint density at radius 1 is 0.875 bits per heavy atom. The molecular weight excluding hydrogens is 510 g/mol. The molecule has 0 aliphatic carbocycles. The highest BCUT2D eigenvalue weighted by Gasteiger charge is 2.31. The van der Waals surface area contributed by atoms with Crippen molar-refractivity contribution in [3.05, 3.63) is 57.9 Å². The van der Waals surface area contributed by atoms with Crippen LogP contribution in [0.25, 0.3) is 11.0 Å². The van der Waals surface area contributed by atoms with Gasteiger partial charge in [0, 0.05) is 71.9 Å². The number of hydrogen-bond donors (Lipinski definition) is 0. The van der Waals surface area contributed by atoms with E-state index in [1.165, 1.54) is 6.07 Å². The van der Waals surface area contributed by atoms with Crippen molar-refractivity contribution >= 4 is 39.8 Å². The average Bonchev–Trinajstić information content (AvgIpc) is 3.41. The molecule has 1 aromatic heterocycles. The molecule has 0 radical (unpaired) electrons. The van der Waals surface area contributed by atoms with Crippen LogP contribution in [0.2, 0.25) is 0 Å². The Hall–Kier alpha value is -4.05. The minimum absolute atomic E-state index is 0.00252. The van der Waals surface area contributed by atoms with Gasteiger partial charge in [0.25, 0.3) is 5.91 Å². The second-order valence-electron chi connectivity index (χ2n) is 10.7. The van der Waals surface area contributed by atoms with Crippen LogP contribution in [0.5, 0.6) is 5.75 Å². The summed E-state index contributed by atoms with van der Waals surface area (Å²) in [6.07, 6.45) is 0.807. The number of fused-ring (bicyclic) bond motifs is 2. The van der Waals surface area contributed by atoms with E-state index in [-0.39, 0.29) is 23.0 Å². The van der Waals surface area contributed by atoms with Crippen molar-refractivity contribution in [3.63, 3.8) is 0 Å². The number of carbonyl (C=O) groups excluding carboxylic acids is 2. The quantitative estimate of drug-likeness (QED) is 0.494. The molecule has 4 heterocycles. The molecule has 6 rings (SSSR count). The predicted molar refractivity (Wildman–Crippen MR) is 155 cm³/mol. The lowest BCUT2D eigenvalue weighted by atomic mass is 10.1. The largest absolute Gasteiger partial charge is 0.492 e. The Kier molecular flexibility index (Phi) is 6.87. The Morgan fingerprint density at radius 2 is 1.57 bits per heavy atom. The van der Waals surface area contributed by atoms with Gasteiger partial charge in [-0.15, -0.1) is 0 Å². The van der Waals surface area contributed by atoms with Crippen LogP contribution in [0.4, 0.5) is 17.1 Å². The van der Waals surface area contributed by atoms with E-state index in [4.69, 9.17) is 9.15 Å². The normalized spacial score (nSPS) is 17.9. The molecule has 2 saturated heterocycles. The number of methoxy groups -OCH3 is 1. The lowest BCUT2D eigenvalue weighted by molar-refractivity contribution is -0.116. The van der Waals surface area contributed by atoms with Gasteiger partial charge in [-0.1, -0.05) is 12.1 Å². The molecule has 2 fully saturated rings. The van der Waals surface area contributed by atoms with E-state index in [0.717, 1.165) is 55.2 Å². The smallest absolute Gasteiger partial charge is 0.289 e. The van der Waals surface area contributed by atoms with Crippen LogP contribution in [-0.2, 0) is 11.2 Å². The van der Waals surface area contributed by atoms with Crippen molar-refractivity contribution in [2.45, 2.75) is 13.3 Å². The monoisotopic (exact) mass is 545 g/mol. The fourth-order valence-electron chi connectivity index (χ4n) is 6.08. The van der Waals surface area contributed by atoms with Crippen molar-refractivity contribution in [2.75, 3.05) is 87.8 Å². The van der Waals surface area contributed by atoms with Gasteiger partial charge in [0.05, 0.1) is 29.6 Å². The molecule has 10 nitrogen and oxygen atoms in total. The third-order valence-electron chi connectivity index (χ3n) is 8.35. The number of likely N-dealkylation sites (N-methyl/N-ethyl adjacent to an activating group) is 1. The van der Waals surface area contributed by atoms with E-state index < -0.39 is 0 Å². The topological polar surface area (TPSA) is 89.8 Å². The number of anilines is 3. The van der Waals surface area contributed by atoms with Crippen molar-refractivity contribution in [2.24, 2.45) is 0 Å². The lowest BCUT2D eigenvalue weighted by Gasteiger charge is -2.37. The van der Waals surface area contributed by atoms with Crippen LogP contribution in [0, 0.1) is 0 Å². The second kappa shape index (κ2) is 10.5. The fraction of sp³-hybridized carbons (Fsp3) is 0.433. The van der Waals surface area contributed by atoms with Gasteiger partial charge < -0.3 is 33.7 Å². The van der Waals surface area contributed by atoms with Crippen LogP contribution in [0.1, 0.15) is 23.0 Å². The number of ether oxygens (including phenoxy) is 1. The number of rotatable bonds is 4. The van der Waals surface area contributed by atoms with Gasteiger partial charge in [0.1, 0.15) is 0 Å². The summed E-state index contributed by atoms with van der Waals surface area (Å²) >= 11 is 0. The summed E-state index contributed by atoms with van der Waals surface area (Å²) in [5, 5.41) is 0.487. The summed E-state index contributed by atoms with van der Waals surface area (Å²) in [4.78, 5) is 49.0. The highest BCUT2D eigenvalue weighted by atomic mass is 16.5. The maximum Gasteiger partial charge on any atom is 0.289 e. The number of benzene rings is 2. The van der Waals surface area contributed by atoms with Gasteiger partial charge in [-0.05, 0) is 37.2 Å². The highest BCUT2D eigenvalue weighted by molar-refractivity contribution is 5.98. The molecule has 2 aromatic carbocycles. The molecule has 3 aliphatic rings. The number of carbonyl (C=O) groups is 2. The van der Waals surface area contributed by atoms with Gasteiger partial charge in [-0.3, -0.25) is 14.4 Å². The van der Waals surface area contributed by atoms with E-state index in [2.05, 4.69) is 27.8 Å². The van der Waals surface area contributed by atoms with Crippen LogP contribution >= 0.6 is 0 Å². The van der Waals surface area contributed by atoms with Gasteiger partial charge in [0.2, 0.25) is 5.91 Å². The molecule has 210 valence electrons. The SMILES string of the molecule is COc1c(N2CCN(C(=O)c3cc(=O)c4cccc(N5CCN(C)CC5)c4o3)CC2)ccc2c1N(C(C)=O)CC2. The minimum Gasteiger partial charge on any atom is -0.492 e. The van der Waals surface area contributed by atoms with Gasteiger partial charge in [0.15, 0.2) is 22.5 Å². The molecule has 2 amide bonds. The van der Waals surface area contributed by atoms with Crippen molar-refractivity contribution in [3.8, 4) is 5.75 Å². The summed E-state index contributed by atoms with van der Waals surface area (Å²) in [5.41, 5.74) is 3.98. The summed E-state index contributed by atoms with van der Waals surface area (Å²) in [7, 11) is 3.73. The van der Waals surface area contributed by atoms with Crippen LogP contribution in [-0.4, -0.2) is 94.7 Å². The third kappa shape index (κ3) is 4.56.